The molecular weight excluding hydrogens is 470 g/mol. The number of thioether (sulfide) groups is 1. The molecule has 0 bridgehead atoms. The van der Waals surface area contributed by atoms with Crippen LogP contribution in [-0.2, 0) is 0 Å². The predicted molar refractivity (Wildman–Crippen MR) is 134 cm³/mol. The number of aryl methyl sites for hydroxylation is 2. The van der Waals surface area contributed by atoms with Crippen LogP contribution in [0.2, 0.25) is 0 Å². The highest BCUT2D eigenvalue weighted by atomic mass is 32.2. The number of rotatable bonds is 5. The molecule has 2 aliphatic heterocycles. The molecule has 1 aromatic heterocycles. The van der Waals surface area contributed by atoms with E-state index in [4.69, 9.17) is 9.47 Å². The van der Waals surface area contributed by atoms with Crippen molar-refractivity contribution in [2.24, 2.45) is 0 Å². The number of thiazole rings is 1. The van der Waals surface area contributed by atoms with Gasteiger partial charge in [-0.3, -0.25) is 9.59 Å². The molecule has 0 radical (unpaired) electrons. The minimum absolute atomic E-state index is 0.0982. The molecule has 2 amide bonds. The van der Waals surface area contributed by atoms with E-state index < -0.39 is 0 Å². The first-order chi connectivity index (χ1) is 16.5. The Balaban J connectivity index is 1.32. The molecule has 1 atom stereocenters. The molecule has 0 aliphatic carbocycles. The first kappa shape index (κ1) is 22.7. The number of ether oxygens (including phenoxy) is 2. The van der Waals surface area contributed by atoms with Gasteiger partial charge in [-0.1, -0.05) is 35.9 Å². The zero-order chi connectivity index (χ0) is 23.7. The molecule has 3 aromatic rings. The number of carbonyl (C=O) groups excluding carboxylic acids is 2. The number of fused-ring (bicyclic) bond motifs is 1. The van der Waals surface area contributed by atoms with Gasteiger partial charge in [-0.2, -0.15) is 0 Å². The van der Waals surface area contributed by atoms with E-state index in [0.717, 1.165) is 26.8 Å². The molecule has 2 aromatic carbocycles. The molecule has 34 heavy (non-hydrogen) atoms. The number of aromatic nitrogens is 1. The van der Waals surface area contributed by atoms with Crippen molar-refractivity contribution in [3.8, 4) is 21.9 Å². The lowest BCUT2D eigenvalue weighted by molar-refractivity contribution is 0.0746. The summed E-state index contributed by atoms with van der Waals surface area (Å²) < 4.78 is 11.2. The molecule has 5 rings (SSSR count). The zero-order valence-corrected chi connectivity index (χ0v) is 20.6. The summed E-state index contributed by atoms with van der Waals surface area (Å²) in [5.41, 5.74) is 3.06. The number of nitrogens with one attached hydrogen (secondary N) is 1. The summed E-state index contributed by atoms with van der Waals surface area (Å²) in [4.78, 5) is 33.8. The largest absolute Gasteiger partial charge is 0.486 e. The van der Waals surface area contributed by atoms with Crippen LogP contribution < -0.4 is 14.8 Å². The summed E-state index contributed by atoms with van der Waals surface area (Å²) in [7, 11) is 0. The highest BCUT2D eigenvalue weighted by Crippen LogP contribution is 2.35. The maximum Gasteiger partial charge on any atom is 0.274 e. The lowest BCUT2D eigenvalue weighted by atomic mass is 10.1. The van der Waals surface area contributed by atoms with Gasteiger partial charge in [0.05, 0.1) is 20.8 Å². The molecule has 7 nitrogen and oxygen atoms in total. The lowest BCUT2D eigenvalue weighted by Gasteiger charge is -2.24. The number of carbonyl (C=O) groups is 2. The summed E-state index contributed by atoms with van der Waals surface area (Å²) >= 11 is 3.19. The van der Waals surface area contributed by atoms with Crippen LogP contribution in [-0.4, -0.2) is 59.1 Å². The van der Waals surface area contributed by atoms with E-state index in [1.54, 1.807) is 30.0 Å². The average molecular weight is 496 g/mol. The molecule has 9 heteroatoms. The fraction of sp³-hybridized carbons (Fsp3) is 0.320. The van der Waals surface area contributed by atoms with Crippen molar-refractivity contribution in [3.63, 3.8) is 0 Å². The van der Waals surface area contributed by atoms with Gasteiger partial charge in [-0.25, -0.2) is 4.98 Å². The Bertz CT molecular complexity index is 1240. The van der Waals surface area contributed by atoms with Gasteiger partial charge in [0.2, 0.25) is 0 Å². The monoisotopic (exact) mass is 495 g/mol. The highest BCUT2D eigenvalue weighted by molar-refractivity contribution is 8.00. The normalized spacial score (nSPS) is 17.0. The van der Waals surface area contributed by atoms with Gasteiger partial charge in [-0.15, -0.1) is 23.1 Å². The van der Waals surface area contributed by atoms with Crippen molar-refractivity contribution in [3.05, 3.63) is 64.3 Å². The van der Waals surface area contributed by atoms with Crippen molar-refractivity contribution < 1.29 is 19.1 Å². The number of para-hydroxylation sites is 1. The second-order valence-corrected chi connectivity index (χ2v) is 10.6. The SMILES string of the molecule is Cc1cccc(-c2sc(C)nc2C(=O)N2CCSC2CNC(=O)c2cccc3c2OCCO3)c1. The molecule has 1 saturated heterocycles. The van der Waals surface area contributed by atoms with Crippen molar-refractivity contribution >= 4 is 34.9 Å². The Labute approximate surface area is 206 Å². The first-order valence-electron chi connectivity index (χ1n) is 11.1. The van der Waals surface area contributed by atoms with E-state index in [9.17, 15) is 9.59 Å². The quantitative estimate of drug-likeness (QED) is 0.573. The fourth-order valence-corrected chi connectivity index (χ4v) is 6.20. The molecule has 176 valence electrons. The van der Waals surface area contributed by atoms with Gasteiger partial charge in [0.25, 0.3) is 11.8 Å². The number of nitrogens with zero attached hydrogens (tertiary/aromatic N) is 2. The Hall–Kier alpha value is -3.04. The molecule has 1 unspecified atom stereocenters. The molecular formula is C25H25N3O4S2. The molecule has 0 spiro atoms. The third-order valence-corrected chi connectivity index (χ3v) is 7.96. The summed E-state index contributed by atoms with van der Waals surface area (Å²) in [5.74, 6) is 1.52. The maximum atomic E-state index is 13.6. The van der Waals surface area contributed by atoms with Crippen LogP contribution in [0.1, 0.15) is 31.4 Å². The zero-order valence-electron chi connectivity index (χ0n) is 19.0. The second-order valence-electron chi connectivity index (χ2n) is 8.14. The van der Waals surface area contributed by atoms with E-state index >= 15 is 0 Å². The number of benzene rings is 2. The number of hydrogen-bond donors (Lipinski definition) is 1. The smallest absolute Gasteiger partial charge is 0.274 e. The third kappa shape index (κ3) is 4.50. The van der Waals surface area contributed by atoms with E-state index in [1.165, 1.54) is 11.3 Å². The van der Waals surface area contributed by atoms with Gasteiger partial charge < -0.3 is 19.7 Å². The summed E-state index contributed by atoms with van der Waals surface area (Å²) in [6.07, 6.45) is 0. The van der Waals surface area contributed by atoms with Crippen LogP contribution in [0.4, 0.5) is 0 Å². The highest BCUT2D eigenvalue weighted by Gasteiger charge is 2.33. The minimum Gasteiger partial charge on any atom is -0.486 e. The van der Waals surface area contributed by atoms with Gasteiger partial charge in [-0.05, 0) is 31.5 Å². The van der Waals surface area contributed by atoms with E-state index in [2.05, 4.69) is 16.4 Å². The molecule has 1 N–H and O–H groups in total. The Morgan fingerprint density at radius 3 is 2.82 bits per heavy atom. The minimum atomic E-state index is -0.243. The molecule has 3 heterocycles. The molecule has 1 fully saturated rings. The lowest BCUT2D eigenvalue weighted by Crippen LogP contribution is -2.42. The third-order valence-electron chi connectivity index (χ3n) is 5.72. The fourth-order valence-electron chi connectivity index (χ4n) is 4.14. The van der Waals surface area contributed by atoms with E-state index in [1.807, 2.05) is 36.9 Å². The van der Waals surface area contributed by atoms with Crippen LogP contribution in [0.15, 0.2) is 42.5 Å². The standard InChI is InChI=1S/C25H25N3O4S2/c1-15-5-3-6-17(13-15)23-21(27-16(2)34-23)25(30)28-9-12-33-20(28)14-26-24(29)18-7-4-8-19-22(18)32-11-10-31-19/h3-8,13,20H,9-12,14H2,1-2H3,(H,26,29). The van der Waals surface area contributed by atoms with Crippen LogP contribution in [0.25, 0.3) is 10.4 Å². The first-order valence-corrected chi connectivity index (χ1v) is 13.0. The summed E-state index contributed by atoms with van der Waals surface area (Å²) in [6, 6.07) is 13.4. The van der Waals surface area contributed by atoms with Gasteiger partial charge in [0.15, 0.2) is 11.5 Å². The number of hydrogen-bond acceptors (Lipinski definition) is 7. The summed E-state index contributed by atoms with van der Waals surface area (Å²) in [6.45, 7) is 5.79. The van der Waals surface area contributed by atoms with Crippen molar-refractivity contribution in [1.82, 2.24) is 15.2 Å². The Morgan fingerprint density at radius 1 is 1.15 bits per heavy atom. The van der Waals surface area contributed by atoms with Gasteiger partial charge >= 0.3 is 0 Å². The van der Waals surface area contributed by atoms with Crippen molar-refractivity contribution in [1.29, 1.82) is 0 Å². The summed E-state index contributed by atoms with van der Waals surface area (Å²) in [5, 5.41) is 3.67. The van der Waals surface area contributed by atoms with E-state index in [-0.39, 0.29) is 17.2 Å². The van der Waals surface area contributed by atoms with Gasteiger partial charge in [0.1, 0.15) is 18.9 Å². The maximum absolute atomic E-state index is 13.6. The van der Waals surface area contributed by atoms with E-state index in [0.29, 0.717) is 49.1 Å². The Kier molecular flexibility index (Phi) is 6.47. The number of amides is 2. The van der Waals surface area contributed by atoms with Crippen molar-refractivity contribution in [2.45, 2.75) is 19.2 Å². The average Bonchev–Trinajstić information content (AvgIpc) is 3.48. The van der Waals surface area contributed by atoms with Gasteiger partial charge in [0, 0.05) is 18.8 Å². The topological polar surface area (TPSA) is 80.8 Å². The second kappa shape index (κ2) is 9.68. The molecule has 0 saturated carbocycles. The van der Waals surface area contributed by atoms with Crippen LogP contribution >= 0.6 is 23.1 Å². The molecule has 2 aliphatic rings. The van der Waals surface area contributed by atoms with Crippen LogP contribution in [0, 0.1) is 13.8 Å². The predicted octanol–water partition coefficient (Wildman–Crippen LogP) is 4.14. The van der Waals surface area contributed by atoms with Crippen LogP contribution in [0.5, 0.6) is 11.5 Å². The van der Waals surface area contributed by atoms with Crippen molar-refractivity contribution in [2.75, 3.05) is 32.1 Å². The Morgan fingerprint density at radius 2 is 1.97 bits per heavy atom. The van der Waals surface area contributed by atoms with Crippen LogP contribution in [0.3, 0.4) is 0 Å².